The van der Waals surface area contributed by atoms with Gasteiger partial charge in [0.25, 0.3) is 0 Å². The lowest BCUT2D eigenvalue weighted by Gasteiger charge is -2.35. The number of imidazole rings is 2. The van der Waals surface area contributed by atoms with Crippen LogP contribution in [0, 0.1) is 11.8 Å². The zero-order valence-corrected chi connectivity index (χ0v) is 25.1. The van der Waals surface area contributed by atoms with Crippen LogP contribution in [0.15, 0.2) is 60.9 Å². The summed E-state index contributed by atoms with van der Waals surface area (Å²) in [4.78, 5) is 31.7. The lowest BCUT2D eigenvalue weighted by molar-refractivity contribution is 0.00620. The number of carbonyl (C=O) groups is 1. The number of nitrogens with one attached hydrogen (secondary N) is 3. The Bertz CT molecular complexity index is 1630. The average molecular weight is 577 g/mol. The Hall–Kier alpha value is -3.91. The van der Waals surface area contributed by atoms with Crippen LogP contribution in [0.25, 0.3) is 33.6 Å². The maximum atomic E-state index is 13.1. The topological polar surface area (TPSA) is 98.9 Å². The first-order valence-corrected chi connectivity index (χ1v) is 15.9. The van der Waals surface area contributed by atoms with Gasteiger partial charge in [0, 0.05) is 12.1 Å². The number of ether oxygens (including phenoxy) is 1. The third kappa shape index (κ3) is 4.85. The van der Waals surface area contributed by atoms with Crippen LogP contribution in [0.2, 0.25) is 0 Å². The molecule has 3 N–H and O–H groups in total. The number of likely N-dealkylation sites (tertiary alicyclic amines) is 1. The number of H-pyrrole nitrogens is 2. The van der Waals surface area contributed by atoms with Gasteiger partial charge in [-0.3, -0.25) is 4.90 Å². The molecule has 4 bridgehead atoms. The monoisotopic (exact) mass is 576 g/mol. The predicted molar refractivity (Wildman–Crippen MR) is 166 cm³/mol. The Balaban J connectivity index is 0.963. The molecule has 222 valence electrons. The quantitative estimate of drug-likeness (QED) is 0.230. The average Bonchev–Trinajstić information content (AvgIpc) is 3.85. The van der Waals surface area contributed by atoms with Crippen molar-refractivity contribution in [1.29, 1.82) is 0 Å². The molecule has 2 saturated heterocycles. The van der Waals surface area contributed by atoms with E-state index in [2.05, 4.69) is 63.8 Å². The first-order chi connectivity index (χ1) is 20.8. The van der Waals surface area contributed by atoms with E-state index in [9.17, 15) is 4.79 Å². The van der Waals surface area contributed by atoms with Crippen LogP contribution in [0.1, 0.15) is 83.0 Å². The SMILES string of the molecule is CC(C)(C)OC(=O)N1[C@@H]2CC[C@@H](C2)[C@H]1c1ncc(-c2ccc(-c3ccc(-c4cnc([C@H]5N[C@@H]6CC[C@H]5C6)[nH]4)cc3)cc2)[nH]1. The lowest BCUT2D eigenvalue weighted by Crippen LogP contribution is -2.43. The van der Waals surface area contributed by atoms with Gasteiger partial charge in [0.15, 0.2) is 0 Å². The Morgan fingerprint density at radius 1 is 0.767 bits per heavy atom. The summed E-state index contributed by atoms with van der Waals surface area (Å²) in [5.41, 5.74) is 6.06. The van der Waals surface area contributed by atoms with Crippen LogP contribution >= 0.6 is 0 Å². The minimum absolute atomic E-state index is 0.0596. The van der Waals surface area contributed by atoms with E-state index in [4.69, 9.17) is 14.7 Å². The van der Waals surface area contributed by atoms with Gasteiger partial charge in [0.2, 0.25) is 0 Å². The van der Waals surface area contributed by atoms with Gasteiger partial charge in [-0.25, -0.2) is 14.8 Å². The molecule has 8 rings (SSSR count). The van der Waals surface area contributed by atoms with Gasteiger partial charge >= 0.3 is 6.09 Å². The van der Waals surface area contributed by atoms with Gasteiger partial charge in [0.05, 0.1) is 35.9 Å². The molecule has 43 heavy (non-hydrogen) atoms. The summed E-state index contributed by atoms with van der Waals surface area (Å²) < 4.78 is 5.77. The van der Waals surface area contributed by atoms with Crippen molar-refractivity contribution in [2.45, 2.75) is 89.1 Å². The van der Waals surface area contributed by atoms with Crippen molar-refractivity contribution in [3.63, 3.8) is 0 Å². The number of nitrogens with zero attached hydrogens (tertiary/aromatic N) is 3. The van der Waals surface area contributed by atoms with Gasteiger partial charge in [-0.2, -0.15) is 0 Å². The van der Waals surface area contributed by atoms with Gasteiger partial charge in [-0.1, -0.05) is 48.5 Å². The molecule has 0 radical (unpaired) electrons. The zero-order valence-electron chi connectivity index (χ0n) is 25.1. The van der Waals surface area contributed by atoms with Crippen LogP contribution in [0.3, 0.4) is 0 Å². The van der Waals surface area contributed by atoms with Crippen LogP contribution in [0.4, 0.5) is 4.79 Å². The number of piperidine rings is 2. The molecular formula is C35H40N6O2. The van der Waals surface area contributed by atoms with Crippen molar-refractivity contribution < 1.29 is 9.53 Å². The van der Waals surface area contributed by atoms with Gasteiger partial charge in [-0.15, -0.1) is 0 Å². The number of hydrogen-bond acceptors (Lipinski definition) is 5. The van der Waals surface area contributed by atoms with Crippen molar-refractivity contribution in [1.82, 2.24) is 30.2 Å². The first-order valence-electron chi connectivity index (χ1n) is 15.9. The second kappa shape index (κ2) is 10.1. The van der Waals surface area contributed by atoms with E-state index >= 15 is 0 Å². The minimum atomic E-state index is -0.519. The number of hydrogen-bond donors (Lipinski definition) is 3. The molecule has 4 aliphatic rings. The number of fused-ring (bicyclic) bond motifs is 4. The van der Waals surface area contributed by atoms with Gasteiger partial charge < -0.3 is 20.0 Å². The second-order valence-corrected chi connectivity index (χ2v) is 14.0. The summed E-state index contributed by atoms with van der Waals surface area (Å²) >= 11 is 0. The maximum Gasteiger partial charge on any atom is 0.411 e. The zero-order chi connectivity index (χ0) is 29.3. The first kappa shape index (κ1) is 26.7. The molecule has 8 nitrogen and oxygen atoms in total. The lowest BCUT2D eigenvalue weighted by atomic mass is 9.98. The molecule has 2 saturated carbocycles. The van der Waals surface area contributed by atoms with Crippen molar-refractivity contribution in [2.24, 2.45) is 11.8 Å². The van der Waals surface area contributed by atoms with Crippen molar-refractivity contribution in [2.75, 3.05) is 0 Å². The van der Waals surface area contributed by atoms with Crippen LogP contribution in [0.5, 0.6) is 0 Å². The highest BCUT2D eigenvalue weighted by Gasteiger charge is 2.51. The van der Waals surface area contributed by atoms with Gasteiger partial charge in [-0.05, 0) is 93.4 Å². The Labute approximate surface area is 252 Å². The van der Waals surface area contributed by atoms with E-state index in [-0.39, 0.29) is 18.2 Å². The molecule has 4 heterocycles. The van der Waals surface area contributed by atoms with Crippen molar-refractivity contribution in [3.05, 3.63) is 72.6 Å². The Morgan fingerprint density at radius 2 is 1.35 bits per heavy atom. The number of amides is 1. The van der Waals surface area contributed by atoms with Gasteiger partial charge in [0.1, 0.15) is 17.2 Å². The Kier molecular flexibility index (Phi) is 6.26. The van der Waals surface area contributed by atoms with Crippen molar-refractivity contribution in [3.8, 4) is 33.6 Å². The van der Waals surface area contributed by atoms with Crippen LogP contribution in [-0.4, -0.2) is 48.6 Å². The second-order valence-electron chi connectivity index (χ2n) is 14.0. The summed E-state index contributed by atoms with van der Waals surface area (Å²) in [6, 6.07) is 18.5. The molecule has 6 atom stereocenters. The fourth-order valence-electron chi connectivity index (χ4n) is 8.04. The highest BCUT2D eigenvalue weighted by molar-refractivity contribution is 5.72. The van der Waals surface area contributed by atoms with E-state index in [0.717, 1.165) is 59.0 Å². The molecule has 2 aromatic carbocycles. The number of rotatable bonds is 5. The maximum absolute atomic E-state index is 13.1. The van der Waals surface area contributed by atoms with Crippen molar-refractivity contribution >= 4 is 6.09 Å². The molecule has 8 heteroatoms. The standard InChI is InChI=1S/C35H40N6O2/c1-35(2,3)43-34(42)41-27-15-13-25(17-27)31(41)33-37-19-29(40-33)23-10-6-21(7-11-23)20-4-8-22(9-5-20)28-18-36-32(39-28)30-24-12-14-26(16-24)38-30/h4-11,18-19,24-27,30-31,38H,12-17H2,1-3H3,(H,36,39)(H,37,40)/t24-,25-,26+,27+,30-,31-/m0/s1. The van der Waals surface area contributed by atoms with E-state index in [1.807, 2.05) is 38.1 Å². The molecule has 0 unspecified atom stereocenters. The fraction of sp³-hybridized carbons (Fsp3) is 0.457. The van der Waals surface area contributed by atoms with E-state index in [1.54, 1.807) is 0 Å². The molecule has 4 fully saturated rings. The molecule has 2 aromatic heterocycles. The molecular weight excluding hydrogens is 536 g/mol. The molecule has 1 amide bonds. The summed E-state index contributed by atoms with van der Waals surface area (Å²) in [7, 11) is 0. The third-order valence-electron chi connectivity index (χ3n) is 10.0. The van der Waals surface area contributed by atoms with Crippen LogP contribution < -0.4 is 5.32 Å². The molecule has 2 aliphatic heterocycles. The molecule has 4 aromatic rings. The molecule has 2 aliphatic carbocycles. The Morgan fingerprint density at radius 3 is 1.93 bits per heavy atom. The number of benzene rings is 2. The molecule has 0 spiro atoms. The number of carbonyl (C=O) groups excluding carboxylic acids is 1. The normalized spacial score (nSPS) is 27.7. The minimum Gasteiger partial charge on any atom is -0.444 e. The summed E-state index contributed by atoms with van der Waals surface area (Å²) in [6.07, 6.45) is 10.7. The number of aromatic nitrogens is 4. The fourth-order valence-corrected chi connectivity index (χ4v) is 8.04. The van der Waals surface area contributed by atoms with E-state index in [0.29, 0.717) is 23.9 Å². The largest absolute Gasteiger partial charge is 0.444 e. The predicted octanol–water partition coefficient (Wildman–Crippen LogP) is 7.41. The number of aromatic amines is 2. The summed E-state index contributed by atoms with van der Waals surface area (Å²) in [6.45, 7) is 5.76. The highest BCUT2D eigenvalue weighted by Crippen LogP contribution is 2.50. The summed E-state index contributed by atoms with van der Waals surface area (Å²) in [5, 5.41) is 3.73. The highest BCUT2D eigenvalue weighted by atomic mass is 16.6. The van der Waals surface area contributed by atoms with E-state index in [1.165, 1.54) is 24.8 Å². The third-order valence-corrected chi connectivity index (χ3v) is 10.0. The smallest absolute Gasteiger partial charge is 0.411 e. The van der Waals surface area contributed by atoms with Crippen LogP contribution in [-0.2, 0) is 4.74 Å². The summed E-state index contributed by atoms with van der Waals surface area (Å²) in [5.74, 6) is 3.06. The van der Waals surface area contributed by atoms with E-state index < -0.39 is 5.60 Å².